The minimum absolute atomic E-state index is 0.00801. The molecule has 4 nitrogen and oxygen atoms in total. The van der Waals surface area contributed by atoms with Crippen LogP contribution in [-0.4, -0.2) is 42.2 Å². The van der Waals surface area contributed by atoms with Crippen molar-refractivity contribution in [2.45, 2.75) is 46.0 Å². The molecular formula is C16H22ClNO3. The average molecular weight is 312 g/mol. The van der Waals surface area contributed by atoms with E-state index in [4.69, 9.17) is 21.1 Å². The molecule has 0 radical (unpaired) electrons. The summed E-state index contributed by atoms with van der Waals surface area (Å²) in [4.78, 5) is 14.3. The highest BCUT2D eigenvalue weighted by Gasteiger charge is 2.29. The van der Waals surface area contributed by atoms with Gasteiger partial charge in [0.05, 0.1) is 12.2 Å². The molecular weight excluding hydrogens is 290 g/mol. The predicted molar refractivity (Wildman–Crippen MR) is 82.9 cm³/mol. The first-order valence-electron chi connectivity index (χ1n) is 7.24. The van der Waals surface area contributed by atoms with Gasteiger partial charge >= 0.3 is 0 Å². The highest BCUT2D eigenvalue weighted by molar-refractivity contribution is 6.30. The zero-order valence-electron chi connectivity index (χ0n) is 12.9. The van der Waals surface area contributed by atoms with E-state index in [0.717, 1.165) is 5.56 Å². The summed E-state index contributed by atoms with van der Waals surface area (Å²) in [6.45, 7) is 8.86. The molecule has 1 fully saturated rings. The van der Waals surface area contributed by atoms with Crippen LogP contribution in [0.4, 0.5) is 0 Å². The van der Waals surface area contributed by atoms with Gasteiger partial charge in [-0.25, -0.2) is 0 Å². The molecule has 116 valence electrons. The Hall–Kier alpha value is -1.26. The summed E-state index contributed by atoms with van der Waals surface area (Å²) in [7, 11) is 0. The third-order valence-electron chi connectivity index (χ3n) is 3.52. The summed E-state index contributed by atoms with van der Waals surface area (Å²) in [5.41, 5.74) is 0.922. The van der Waals surface area contributed by atoms with Gasteiger partial charge in [-0.2, -0.15) is 0 Å². The summed E-state index contributed by atoms with van der Waals surface area (Å²) in [5, 5.41) is 0.662. The number of nitrogens with zero attached hydrogens (tertiary/aromatic N) is 1. The second-order valence-electron chi connectivity index (χ2n) is 5.67. The van der Waals surface area contributed by atoms with Crippen molar-refractivity contribution in [1.82, 2.24) is 4.90 Å². The zero-order valence-corrected chi connectivity index (χ0v) is 13.7. The first-order valence-corrected chi connectivity index (χ1v) is 7.61. The molecule has 0 aliphatic carbocycles. The van der Waals surface area contributed by atoms with E-state index in [-0.39, 0.29) is 18.1 Å². The van der Waals surface area contributed by atoms with E-state index in [0.29, 0.717) is 23.9 Å². The van der Waals surface area contributed by atoms with Gasteiger partial charge in [0.25, 0.3) is 5.91 Å². The van der Waals surface area contributed by atoms with Crippen LogP contribution in [0.15, 0.2) is 18.2 Å². The Morgan fingerprint density at radius 2 is 2.00 bits per heavy atom. The van der Waals surface area contributed by atoms with Crippen LogP contribution in [0.5, 0.6) is 5.75 Å². The minimum Gasteiger partial charge on any atom is -0.481 e. The van der Waals surface area contributed by atoms with Crippen molar-refractivity contribution in [3.05, 3.63) is 28.8 Å². The number of halogens is 1. The minimum atomic E-state index is -0.526. The molecule has 1 aromatic rings. The van der Waals surface area contributed by atoms with Crippen LogP contribution in [-0.2, 0) is 9.53 Å². The second-order valence-corrected chi connectivity index (χ2v) is 6.11. The van der Waals surface area contributed by atoms with Crippen molar-refractivity contribution in [2.24, 2.45) is 0 Å². The van der Waals surface area contributed by atoms with Crippen molar-refractivity contribution in [3.63, 3.8) is 0 Å². The van der Waals surface area contributed by atoms with Crippen LogP contribution in [0.25, 0.3) is 0 Å². The number of hydrogen-bond acceptors (Lipinski definition) is 3. The highest BCUT2D eigenvalue weighted by Crippen LogP contribution is 2.23. The summed E-state index contributed by atoms with van der Waals surface area (Å²) >= 11 is 5.93. The third-order valence-corrected chi connectivity index (χ3v) is 3.75. The lowest BCUT2D eigenvalue weighted by Crippen LogP contribution is -2.51. The molecule has 1 heterocycles. The van der Waals surface area contributed by atoms with Crippen LogP contribution in [0, 0.1) is 6.92 Å². The van der Waals surface area contributed by atoms with Crippen molar-refractivity contribution in [1.29, 1.82) is 0 Å². The van der Waals surface area contributed by atoms with Gasteiger partial charge < -0.3 is 14.4 Å². The van der Waals surface area contributed by atoms with Gasteiger partial charge in [-0.3, -0.25) is 4.79 Å². The van der Waals surface area contributed by atoms with Gasteiger partial charge in [-0.1, -0.05) is 11.6 Å². The van der Waals surface area contributed by atoms with Crippen molar-refractivity contribution in [2.75, 3.05) is 13.1 Å². The number of benzene rings is 1. The van der Waals surface area contributed by atoms with E-state index in [9.17, 15) is 4.79 Å². The van der Waals surface area contributed by atoms with E-state index < -0.39 is 6.10 Å². The van der Waals surface area contributed by atoms with E-state index >= 15 is 0 Å². The molecule has 1 aliphatic heterocycles. The molecule has 21 heavy (non-hydrogen) atoms. The normalized spacial score (nSPS) is 23.8. The van der Waals surface area contributed by atoms with Crippen LogP contribution in [0.2, 0.25) is 5.02 Å². The Labute approximate surface area is 131 Å². The lowest BCUT2D eigenvalue weighted by atomic mass is 10.2. The average Bonchev–Trinajstić information content (AvgIpc) is 2.40. The summed E-state index contributed by atoms with van der Waals surface area (Å²) < 4.78 is 11.4. The van der Waals surface area contributed by atoms with Gasteiger partial charge in [0.15, 0.2) is 6.10 Å². The molecule has 1 amide bonds. The number of carbonyl (C=O) groups is 1. The van der Waals surface area contributed by atoms with E-state index in [2.05, 4.69) is 0 Å². The molecule has 3 atom stereocenters. The molecule has 0 spiro atoms. The zero-order chi connectivity index (χ0) is 15.6. The SMILES string of the molecule is Cc1cc(Cl)ccc1O[C@H](C)C(=O)N1C[C@@H](C)O[C@@H](C)C1. The number of rotatable bonds is 3. The fraction of sp³-hybridized carbons (Fsp3) is 0.562. The van der Waals surface area contributed by atoms with E-state index in [1.165, 1.54) is 0 Å². The Morgan fingerprint density at radius 1 is 1.38 bits per heavy atom. The van der Waals surface area contributed by atoms with Crippen LogP contribution in [0.3, 0.4) is 0 Å². The quantitative estimate of drug-likeness (QED) is 0.861. The molecule has 0 saturated carbocycles. The van der Waals surface area contributed by atoms with Crippen molar-refractivity contribution >= 4 is 17.5 Å². The van der Waals surface area contributed by atoms with Gasteiger partial charge in [0, 0.05) is 18.1 Å². The molecule has 0 unspecified atom stereocenters. The predicted octanol–water partition coefficient (Wildman–Crippen LogP) is 3.05. The first-order chi connectivity index (χ1) is 9.86. The van der Waals surface area contributed by atoms with E-state index in [1.807, 2.05) is 31.7 Å². The number of morpholine rings is 1. The van der Waals surface area contributed by atoms with Crippen LogP contribution in [0.1, 0.15) is 26.3 Å². The number of amides is 1. The fourth-order valence-corrected chi connectivity index (χ4v) is 2.83. The molecule has 1 saturated heterocycles. The topological polar surface area (TPSA) is 38.8 Å². The maximum absolute atomic E-state index is 12.5. The third kappa shape index (κ3) is 4.11. The Kier molecular flexibility index (Phi) is 5.12. The lowest BCUT2D eigenvalue weighted by molar-refractivity contribution is -0.149. The fourth-order valence-electron chi connectivity index (χ4n) is 2.60. The summed E-state index contributed by atoms with van der Waals surface area (Å²) in [5.74, 6) is 0.681. The van der Waals surface area contributed by atoms with Gasteiger partial charge in [-0.15, -0.1) is 0 Å². The standard InChI is InChI=1S/C16H22ClNO3/c1-10-7-14(17)5-6-15(10)21-13(4)16(19)18-8-11(2)20-12(3)9-18/h5-7,11-13H,8-9H2,1-4H3/t11-,12+,13-/m1/s1. The maximum atomic E-state index is 12.5. The Bertz CT molecular complexity index is 510. The Morgan fingerprint density at radius 3 is 2.57 bits per heavy atom. The maximum Gasteiger partial charge on any atom is 0.263 e. The molecule has 0 aromatic heterocycles. The molecule has 5 heteroatoms. The van der Waals surface area contributed by atoms with Gasteiger partial charge in [-0.05, 0) is 51.5 Å². The van der Waals surface area contributed by atoms with Gasteiger partial charge in [0.2, 0.25) is 0 Å². The largest absolute Gasteiger partial charge is 0.481 e. The number of carbonyl (C=O) groups excluding carboxylic acids is 1. The summed E-state index contributed by atoms with van der Waals surface area (Å²) in [6, 6.07) is 5.39. The number of aryl methyl sites for hydroxylation is 1. The monoisotopic (exact) mass is 311 g/mol. The smallest absolute Gasteiger partial charge is 0.263 e. The number of ether oxygens (including phenoxy) is 2. The van der Waals surface area contributed by atoms with E-state index in [1.54, 1.807) is 19.1 Å². The molecule has 0 bridgehead atoms. The van der Waals surface area contributed by atoms with Crippen LogP contribution >= 0.6 is 11.6 Å². The molecule has 2 rings (SSSR count). The highest BCUT2D eigenvalue weighted by atomic mass is 35.5. The van der Waals surface area contributed by atoms with Crippen molar-refractivity contribution in [3.8, 4) is 5.75 Å². The molecule has 1 aliphatic rings. The van der Waals surface area contributed by atoms with Crippen LogP contribution < -0.4 is 4.74 Å². The molecule has 1 aromatic carbocycles. The lowest BCUT2D eigenvalue weighted by Gasteiger charge is -2.36. The second kappa shape index (κ2) is 6.67. The summed E-state index contributed by atoms with van der Waals surface area (Å²) in [6.07, 6.45) is -0.410. The van der Waals surface area contributed by atoms with Gasteiger partial charge in [0.1, 0.15) is 5.75 Å². The van der Waals surface area contributed by atoms with Crippen molar-refractivity contribution < 1.29 is 14.3 Å². The molecule has 0 N–H and O–H groups in total. The Balaban J connectivity index is 2.02. The first kappa shape index (κ1) is 16.1. The number of hydrogen-bond donors (Lipinski definition) is 0.